The van der Waals surface area contributed by atoms with Crippen molar-refractivity contribution in [1.82, 2.24) is 10.2 Å². The molecule has 1 N–H and O–H groups in total. The van der Waals surface area contributed by atoms with Crippen LogP contribution in [0, 0.1) is 0 Å². The smallest absolute Gasteiger partial charge is 0.254 e. The average Bonchev–Trinajstić information content (AvgIpc) is 2.88. The maximum atomic E-state index is 12.5. The first kappa shape index (κ1) is 14.4. The first-order valence-electron chi connectivity index (χ1n) is 6.79. The molecule has 1 aliphatic rings. The highest BCUT2D eigenvalue weighted by Gasteiger charge is 2.28. The molecule has 0 bridgehead atoms. The minimum absolute atomic E-state index is 0.174. The van der Waals surface area contributed by atoms with Crippen LogP contribution in [-0.2, 0) is 5.75 Å². The number of carbonyl (C=O) groups is 1. The Bertz CT molecular complexity index is 419. The lowest BCUT2D eigenvalue weighted by Crippen LogP contribution is -2.40. The number of benzene rings is 1. The van der Waals surface area contributed by atoms with Crippen LogP contribution in [0.25, 0.3) is 0 Å². The number of likely N-dealkylation sites (tertiary alicyclic amines) is 1. The summed E-state index contributed by atoms with van der Waals surface area (Å²) in [4.78, 5) is 14.5. The van der Waals surface area contributed by atoms with E-state index in [1.54, 1.807) is 11.8 Å². The molecule has 0 saturated carbocycles. The van der Waals surface area contributed by atoms with Gasteiger partial charge in [0.1, 0.15) is 0 Å². The molecule has 3 nitrogen and oxygen atoms in total. The second kappa shape index (κ2) is 6.96. The number of rotatable bonds is 5. The number of nitrogens with zero attached hydrogens (tertiary/aromatic N) is 1. The van der Waals surface area contributed by atoms with Gasteiger partial charge in [0, 0.05) is 30.4 Å². The third-order valence-corrected chi connectivity index (χ3v) is 4.21. The van der Waals surface area contributed by atoms with E-state index in [9.17, 15) is 4.79 Å². The number of nitrogens with one attached hydrogen (secondary N) is 1. The van der Waals surface area contributed by atoms with Crippen LogP contribution in [-0.4, -0.2) is 43.2 Å². The summed E-state index contributed by atoms with van der Waals surface area (Å²) in [6.45, 7) is 1.77. The van der Waals surface area contributed by atoms with Gasteiger partial charge in [0.2, 0.25) is 0 Å². The van der Waals surface area contributed by atoms with Crippen molar-refractivity contribution in [3.05, 3.63) is 35.4 Å². The third-order valence-electron chi connectivity index (χ3n) is 3.59. The first-order chi connectivity index (χ1) is 9.26. The van der Waals surface area contributed by atoms with E-state index in [-0.39, 0.29) is 5.91 Å². The molecule has 0 spiro atoms. The van der Waals surface area contributed by atoms with Gasteiger partial charge in [0.25, 0.3) is 5.91 Å². The predicted molar refractivity (Wildman–Crippen MR) is 81.6 cm³/mol. The van der Waals surface area contributed by atoms with E-state index in [1.165, 1.54) is 5.56 Å². The standard InChI is InChI=1S/C15H22N2OS/c1-16-10-14-4-3-9-17(14)15(18)13-7-5-12(6-8-13)11-19-2/h5-8,14,16H,3-4,9-11H2,1-2H3/t14-/m1/s1. The number of carbonyl (C=O) groups excluding carboxylic acids is 1. The molecule has 19 heavy (non-hydrogen) atoms. The van der Waals surface area contributed by atoms with Crippen molar-refractivity contribution in [2.75, 3.05) is 26.4 Å². The highest BCUT2D eigenvalue weighted by Crippen LogP contribution is 2.20. The Morgan fingerprint density at radius 2 is 2.16 bits per heavy atom. The molecule has 0 unspecified atom stereocenters. The van der Waals surface area contributed by atoms with Gasteiger partial charge in [-0.2, -0.15) is 11.8 Å². The zero-order chi connectivity index (χ0) is 13.7. The van der Waals surface area contributed by atoms with Gasteiger partial charge >= 0.3 is 0 Å². The largest absolute Gasteiger partial charge is 0.334 e. The van der Waals surface area contributed by atoms with E-state index in [2.05, 4.69) is 23.7 Å². The number of amides is 1. The maximum Gasteiger partial charge on any atom is 0.254 e. The summed E-state index contributed by atoms with van der Waals surface area (Å²) in [5.74, 6) is 1.18. The quantitative estimate of drug-likeness (QED) is 0.897. The van der Waals surface area contributed by atoms with Crippen LogP contribution in [0.4, 0.5) is 0 Å². The Hall–Kier alpha value is -1.00. The molecule has 1 amide bonds. The number of hydrogen-bond donors (Lipinski definition) is 1. The van der Waals surface area contributed by atoms with Crippen molar-refractivity contribution in [2.24, 2.45) is 0 Å². The van der Waals surface area contributed by atoms with E-state index >= 15 is 0 Å². The van der Waals surface area contributed by atoms with Crippen LogP contribution in [0.2, 0.25) is 0 Å². The molecule has 2 rings (SSSR count). The highest BCUT2D eigenvalue weighted by molar-refractivity contribution is 7.97. The Balaban J connectivity index is 2.06. The molecule has 1 aromatic carbocycles. The first-order valence-corrected chi connectivity index (χ1v) is 8.19. The zero-order valence-corrected chi connectivity index (χ0v) is 12.5. The van der Waals surface area contributed by atoms with Gasteiger partial charge in [-0.25, -0.2) is 0 Å². The van der Waals surface area contributed by atoms with Crippen LogP contribution >= 0.6 is 11.8 Å². The average molecular weight is 278 g/mol. The van der Waals surface area contributed by atoms with Crippen molar-refractivity contribution in [3.63, 3.8) is 0 Å². The van der Waals surface area contributed by atoms with Gasteiger partial charge < -0.3 is 10.2 Å². The molecule has 104 valence electrons. The topological polar surface area (TPSA) is 32.3 Å². The van der Waals surface area contributed by atoms with Crippen LogP contribution in [0.1, 0.15) is 28.8 Å². The van der Waals surface area contributed by atoms with Crippen LogP contribution in [0.5, 0.6) is 0 Å². The summed E-state index contributed by atoms with van der Waals surface area (Å²) < 4.78 is 0. The van der Waals surface area contributed by atoms with Gasteiger partial charge in [-0.05, 0) is 43.8 Å². The van der Waals surface area contributed by atoms with Gasteiger partial charge in [-0.3, -0.25) is 4.79 Å². The summed E-state index contributed by atoms with van der Waals surface area (Å²) in [7, 11) is 1.94. The molecule has 1 heterocycles. The summed E-state index contributed by atoms with van der Waals surface area (Å²) in [6.07, 6.45) is 4.31. The molecule has 4 heteroatoms. The Kier molecular flexibility index (Phi) is 5.28. The number of likely N-dealkylation sites (N-methyl/N-ethyl adjacent to an activating group) is 1. The highest BCUT2D eigenvalue weighted by atomic mass is 32.2. The molecular formula is C15H22N2OS. The van der Waals surface area contributed by atoms with Gasteiger partial charge in [-0.15, -0.1) is 0 Å². The Labute approximate surface area is 119 Å². The fraction of sp³-hybridized carbons (Fsp3) is 0.533. The van der Waals surface area contributed by atoms with E-state index in [0.29, 0.717) is 6.04 Å². The SMILES string of the molecule is CNC[C@H]1CCCN1C(=O)c1ccc(CSC)cc1. The second-order valence-corrected chi connectivity index (χ2v) is 5.85. The van der Waals surface area contributed by atoms with E-state index in [4.69, 9.17) is 0 Å². The van der Waals surface area contributed by atoms with Crippen molar-refractivity contribution in [2.45, 2.75) is 24.6 Å². The fourth-order valence-electron chi connectivity index (χ4n) is 2.63. The minimum Gasteiger partial charge on any atom is -0.334 e. The fourth-order valence-corrected chi connectivity index (χ4v) is 3.15. The Morgan fingerprint density at radius 1 is 1.42 bits per heavy atom. The lowest BCUT2D eigenvalue weighted by atomic mass is 10.1. The third kappa shape index (κ3) is 3.51. The van der Waals surface area contributed by atoms with Crippen molar-refractivity contribution >= 4 is 17.7 Å². The van der Waals surface area contributed by atoms with E-state index < -0.39 is 0 Å². The van der Waals surface area contributed by atoms with Gasteiger partial charge in [-0.1, -0.05) is 12.1 Å². The van der Waals surface area contributed by atoms with Crippen LogP contribution in [0.3, 0.4) is 0 Å². The summed E-state index contributed by atoms with van der Waals surface area (Å²) >= 11 is 1.80. The minimum atomic E-state index is 0.174. The summed E-state index contributed by atoms with van der Waals surface area (Å²) in [5.41, 5.74) is 2.09. The molecule has 1 atom stereocenters. The second-order valence-electron chi connectivity index (χ2n) is 4.98. The van der Waals surface area contributed by atoms with Crippen LogP contribution < -0.4 is 5.32 Å². The molecule has 1 fully saturated rings. The van der Waals surface area contributed by atoms with Gasteiger partial charge in [0.15, 0.2) is 0 Å². The molecule has 0 aromatic heterocycles. The monoisotopic (exact) mass is 278 g/mol. The predicted octanol–water partition coefficient (Wildman–Crippen LogP) is 2.37. The molecule has 1 aromatic rings. The lowest BCUT2D eigenvalue weighted by molar-refractivity contribution is 0.0737. The van der Waals surface area contributed by atoms with E-state index in [1.807, 2.05) is 24.1 Å². The zero-order valence-electron chi connectivity index (χ0n) is 11.7. The van der Waals surface area contributed by atoms with Crippen molar-refractivity contribution in [3.8, 4) is 0 Å². The molecule has 1 aliphatic heterocycles. The Morgan fingerprint density at radius 3 is 2.79 bits per heavy atom. The number of thioether (sulfide) groups is 1. The van der Waals surface area contributed by atoms with Crippen molar-refractivity contribution in [1.29, 1.82) is 0 Å². The molecule has 0 aliphatic carbocycles. The van der Waals surface area contributed by atoms with Crippen LogP contribution in [0.15, 0.2) is 24.3 Å². The van der Waals surface area contributed by atoms with Gasteiger partial charge in [0.05, 0.1) is 0 Å². The lowest BCUT2D eigenvalue weighted by Gasteiger charge is -2.24. The van der Waals surface area contributed by atoms with Crippen molar-refractivity contribution < 1.29 is 4.79 Å². The summed E-state index contributed by atoms with van der Waals surface area (Å²) in [5, 5.41) is 3.18. The summed E-state index contributed by atoms with van der Waals surface area (Å²) in [6, 6.07) is 8.40. The molecule has 1 saturated heterocycles. The molecule has 0 radical (unpaired) electrons. The maximum absolute atomic E-state index is 12.5. The van der Waals surface area contributed by atoms with E-state index in [0.717, 1.165) is 37.2 Å². The molecular weight excluding hydrogens is 256 g/mol. The number of hydrogen-bond acceptors (Lipinski definition) is 3. The normalized spacial score (nSPS) is 18.8.